The van der Waals surface area contributed by atoms with Gasteiger partial charge in [0.15, 0.2) is 0 Å². The van der Waals surface area contributed by atoms with E-state index in [2.05, 4.69) is 16.9 Å². The van der Waals surface area contributed by atoms with Gasteiger partial charge in [-0.05, 0) is 25.5 Å². The van der Waals surface area contributed by atoms with Crippen LogP contribution in [0.5, 0.6) is 5.75 Å². The first-order chi connectivity index (χ1) is 8.56. The maximum atomic E-state index is 11.5. The van der Waals surface area contributed by atoms with E-state index in [1.54, 1.807) is 13.0 Å². The number of carbonyl (C=O) groups is 1. The van der Waals surface area contributed by atoms with E-state index in [9.17, 15) is 4.79 Å². The zero-order valence-electron chi connectivity index (χ0n) is 10.6. The lowest BCUT2D eigenvalue weighted by molar-refractivity contribution is -0.130. The molecule has 4 heteroatoms. The van der Waals surface area contributed by atoms with Crippen molar-refractivity contribution >= 4 is 11.8 Å². The average Bonchev–Trinajstić information content (AvgIpc) is 2.29. The summed E-state index contributed by atoms with van der Waals surface area (Å²) in [6.45, 7) is 7.12. The number of nitrogens with one attached hydrogen (secondary N) is 1. The molecule has 0 spiro atoms. The summed E-state index contributed by atoms with van der Waals surface area (Å²) in [4.78, 5) is 15.8. The van der Waals surface area contributed by atoms with Crippen molar-refractivity contribution in [2.75, 3.05) is 0 Å². The summed E-state index contributed by atoms with van der Waals surface area (Å²) in [5, 5.41) is 3.19. The topological polar surface area (TPSA) is 50.7 Å². The van der Waals surface area contributed by atoms with Crippen molar-refractivity contribution in [3.05, 3.63) is 42.0 Å². The number of esters is 1. The number of nitrogens with zero attached hydrogens (tertiary/aromatic N) is 1. The molecule has 4 nitrogen and oxygen atoms in total. The first-order valence-electron chi connectivity index (χ1n) is 5.83. The second kappa shape index (κ2) is 5.04. The molecular formula is C14H16N2O2. The number of para-hydroxylation sites is 1. The van der Waals surface area contributed by atoms with Crippen LogP contribution in [0.25, 0.3) is 0 Å². The Morgan fingerprint density at radius 2 is 2.17 bits per heavy atom. The second-order valence-corrected chi connectivity index (χ2v) is 4.36. The lowest BCUT2D eigenvalue weighted by Gasteiger charge is -2.25. The molecule has 1 aromatic rings. The number of hydrogen-bond donors (Lipinski definition) is 1. The summed E-state index contributed by atoms with van der Waals surface area (Å²) in [5.74, 6) is 1.12. The van der Waals surface area contributed by atoms with Crippen molar-refractivity contribution in [1.82, 2.24) is 5.32 Å². The van der Waals surface area contributed by atoms with Crippen LogP contribution in [0.4, 0.5) is 0 Å². The highest BCUT2D eigenvalue weighted by molar-refractivity contribution is 5.89. The van der Waals surface area contributed by atoms with Gasteiger partial charge in [-0.1, -0.05) is 24.8 Å². The van der Waals surface area contributed by atoms with Gasteiger partial charge in [-0.15, -0.1) is 0 Å². The largest absolute Gasteiger partial charge is 0.423 e. The lowest BCUT2D eigenvalue weighted by atomic mass is 10.1. The number of aliphatic imine (C=N–C) groups is 1. The highest BCUT2D eigenvalue weighted by atomic mass is 16.5. The molecule has 18 heavy (non-hydrogen) atoms. The van der Waals surface area contributed by atoms with Crippen molar-refractivity contribution in [3.8, 4) is 5.75 Å². The van der Waals surface area contributed by atoms with Crippen molar-refractivity contribution in [3.63, 3.8) is 0 Å². The van der Waals surface area contributed by atoms with Crippen LogP contribution >= 0.6 is 0 Å². The highest BCUT2D eigenvalue weighted by Gasteiger charge is 2.19. The van der Waals surface area contributed by atoms with Crippen LogP contribution < -0.4 is 10.1 Å². The normalized spacial score (nSPS) is 17.2. The van der Waals surface area contributed by atoms with Gasteiger partial charge in [0.25, 0.3) is 0 Å². The van der Waals surface area contributed by atoms with Gasteiger partial charge < -0.3 is 10.1 Å². The summed E-state index contributed by atoms with van der Waals surface area (Å²) in [5.41, 5.74) is 1.35. The predicted octanol–water partition coefficient (Wildman–Crippen LogP) is 2.06. The van der Waals surface area contributed by atoms with Crippen LogP contribution in [-0.4, -0.2) is 18.0 Å². The molecular weight excluding hydrogens is 228 g/mol. The minimum Gasteiger partial charge on any atom is -0.423 e. The summed E-state index contributed by atoms with van der Waals surface area (Å²) >= 11 is 0. The number of benzene rings is 1. The molecule has 1 aromatic carbocycles. The first kappa shape index (κ1) is 12.4. The van der Waals surface area contributed by atoms with Gasteiger partial charge in [0.2, 0.25) is 0 Å². The minimum atomic E-state index is -0.399. The number of carbonyl (C=O) groups excluding carboxylic acids is 1. The van der Waals surface area contributed by atoms with Crippen LogP contribution in [-0.2, 0) is 11.2 Å². The first-order valence-corrected chi connectivity index (χ1v) is 5.83. The van der Waals surface area contributed by atoms with Crippen molar-refractivity contribution in [1.29, 1.82) is 0 Å². The Kier molecular flexibility index (Phi) is 3.46. The average molecular weight is 244 g/mol. The van der Waals surface area contributed by atoms with Gasteiger partial charge in [0.1, 0.15) is 11.9 Å². The standard InChI is InChI=1S/C14H16N2O2/c1-9(2)14(17)18-12-7-5-4-6-11(12)8-13-15-10(3)16-13/h4-7,13H,1,8H2,2-3H3,(H,15,16). The molecule has 1 atom stereocenters. The smallest absolute Gasteiger partial charge is 0.338 e. The van der Waals surface area contributed by atoms with E-state index in [0.29, 0.717) is 17.7 Å². The molecule has 0 amide bonds. The number of hydrogen-bond acceptors (Lipinski definition) is 4. The fraction of sp³-hybridized carbons (Fsp3) is 0.286. The number of amidine groups is 1. The van der Waals surface area contributed by atoms with Crippen molar-refractivity contribution in [2.24, 2.45) is 4.99 Å². The van der Waals surface area contributed by atoms with Crippen LogP contribution in [0, 0.1) is 0 Å². The zero-order chi connectivity index (χ0) is 13.1. The minimum absolute atomic E-state index is 0.0784. The van der Waals surface area contributed by atoms with Gasteiger partial charge in [-0.3, -0.25) is 0 Å². The molecule has 0 bridgehead atoms. The predicted molar refractivity (Wildman–Crippen MR) is 70.6 cm³/mol. The number of ether oxygens (including phenoxy) is 1. The summed E-state index contributed by atoms with van der Waals surface area (Å²) in [6.07, 6.45) is 0.784. The SMILES string of the molecule is C=C(C)C(=O)Oc1ccccc1CC1N=C(C)N1. The Bertz CT molecular complexity index is 520. The third-order valence-electron chi connectivity index (χ3n) is 2.66. The van der Waals surface area contributed by atoms with Gasteiger partial charge >= 0.3 is 5.97 Å². The molecule has 1 heterocycles. The second-order valence-electron chi connectivity index (χ2n) is 4.36. The Hall–Kier alpha value is -2.10. The summed E-state index contributed by atoms with van der Waals surface area (Å²) in [6, 6.07) is 7.48. The Morgan fingerprint density at radius 3 is 2.78 bits per heavy atom. The van der Waals surface area contributed by atoms with E-state index in [1.165, 1.54) is 0 Å². The lowest BCUT2D eigenvalue weighted by Crippen LogP contribution is -2.43. The Morgan fingerprint density at radius 1 is 1.50 bits per heavy atom. The van der Waals surface area contributed by atoms with E-state index in [-0.39, 0.29) is 6.17 Å². The van der Waals surface area contributed by atoms with E-state index < -0.39 is 5.97 Å². The quantitative estimate of drug-likeness (QED) is 0.501. The molecule has 0 aromatic heterocycles. The van der Waals surface area contributed by atoms with Crippen LogP contribution in [0.1, 0.15) is 19.4 Å². The molecule has 2 rings (SSSR count). The van der Waals surface area contributed by atoms with E-state index in [4.69, 9.17) is 4.74 Å². The molecule has 1 aliphatic heterocycles. The van der Waals surface area contributed by atoms with Crippen molar-refractivity contribution in [2.45, 2.75) is 26.4 Å². The van der Waals surface area contributed by atoms with Gasteiger partial charge in [0, 0.05) is 12.0 Å². The molecule has 0 radical (unpaired) electrons. The highest BCUT2D eigenvalue weighted by Crippen LogP contribution is 2.22. The van der Waals surface area contributed by atoms with Gasteiger partial charge in [0.05, 0.1) is 5.84 Å². The fourth-order valence-electron chi connectivity index (χ4n) is 1.74. The van der Waals surface area contributed by atoms with Crippen LogP contribution in [0.15, 0.2) is 41.4 Å². The molecule has 0 fully saturated rings. The van der Waals surface area contributed by atoms with E-state index in [1.807, 2.05) is 25.1 Å². The van der Waals surface area contributed by atoms with Crippen molar-refractivity contribution < 1.29 is 9.53 Å². The number of rotatable bonds is 4. The molecule has 1 N–H and O–H groups in total. The zero-order valence-corrected chi connectivity index (χ0v) is 10.6. The third kappa shape index (κ3) is 2.77. The van der Waals surface area contributed by atoms with Gasteiger partial charge in [-0.25, -0.2) is 9.79 Å². The third-order valence-corrected chi connectivity index (χ3v) is 2.66. The summed E-state index contributed by atoms with van der Waals surface area (Å²) in [7, 11) is 0. The van der Waals surface area contributed by atoms with Crippen LogP contribution in [0.2, 0.25) is 0 Å². The summed E-state index contributed by atoms with van der Waals surface area (Å²) < 4.78 is 5.29. The maximum Gasteiger partial charge on any atom is 0.338 e. The fourth-order valence-corrected chi connectivity index (χ4v) is 1.74. The van der Waals surface area contributed by atoms with E-state index >= 15 is 0 Å². The van der Waals surface area contributed by atoms with Gasteiger partial charge in [-0.2, -0.15) is 0 Å². The molecule has 0 saturated heterocycles. The Balaban J connectivity index is 2.10. The maximum absolute atomic E-state index is 11.5. The monoisotopic (exact) mass is 244 g/mol. The molecule has 94 valence electrons. The van der Waals surface area contributed by atoms with Crippen LogP contribution in [0.3, 0.4) is 0 Å². The molecule has 1 unspecified atom stereocenters. The molecule has 0 saturated carbocycles. The van der Waals surface area contributed by atoms with E-state index in [0.717, 1.165) is 11.4 Å². The molecule has 0 aliphatic carbocycles. The molecule has 1 aliphatic rings. The Labute approximate surface area is 106 Å².